The zero-order chi connectivity index (χ0) is 15.4. The molecule has 3 rings (SSSR count). The summed E-state index contributed by atoms with van der Waals surface area (Å²) in [6.07, 6.45) is 3.50. The van der Waals surface area contributed by atoms with Crippen LogP contribution in [-0.4, -0.2) is 44.5 Å². The van der Waals surface area contributed by atoms with E-state index in [1.54, 1.807) is 7.11 Å². The molecule has 1 aliphatic heterocycles. The van der Waals surface area contributed by atoms with Crippen molar-refractivity contribution < 1.29 is 19.0 Å². The molecule has 1 heterocycles. The summed E-state index contributed by atoms with van der Waals surface area (Å²) in [5, 5.41) is 3.12. The number of benzene rings is 1. The van der Waals surface area contributed by atoms with Crippen LogP contribution in [0, 0.1) is 0 Å². The van der Waals surface area contributed by atoms with Crippen molar-refractivity contribution in [3.63, 3.8) is 0 Å². The van der Waals surface area contributed by atoms with Crippen LogP contribution in [0.1, 0.15) is 24.8 Å². The van der Waals surface area contributed by atoms with E-state index in [4.69, 9.17) is 14.2 Å². The lowest BCUT2D eigenvalue weighted by atomic mass is 9.89. The van der Waals surface area contributed by atoms with Gasteiger partial charge in [0, 0.05) is 6.04 Å². The van der Waals surface area contributed by atoms with E-state index in [2.05, 4.69) is 5.32 Å². The third-order valence-electron chi connectivity index (χ3n) is 4.37. The number of carbonyl (C=O) groups is 1. The first-order chi connectivity index (χ1) is 10.7. The van der Waals surface area contributed by atoms with Gasteiger partial charge in [0.2, 0.25) is 5.91 Å². The molecule has 1 aliphatic carbocycles. The maximum Gasteiger partial charge on any atom is 0.224 e. The highest BCUT2D eigenvalue weighted by molar-refractivity contribution is 5.78. The Balaban J connectivity index is 1.48. The van der Waals surface area contributed by atoms with Crippen LogP contribution >= 0.6 is 0 Å². The van der Waals surface area contributed by atoms with Gasteiger partial charge in [0.25, 0.3) is 0 Å². The highest BCUT2D eigenvalue weighted by Gasteiger charge is 2.34. The van der Waals surface area contributed by atoms with Crippen LogP contribution < -0.4 is 10.1 Å². The molecule has 3 atom stereocenters. The van der Waals surface area contributed by atoms with E-state index in [-0.39, 0.29) is 24.2 Å². The first-order valence-electron chi connectivity index (χ1n) is 7.90. The monoisotopic (exact) mass is 305 g/mol. The fraction of sp³-hybridized carbons (Fsp3) is 0.588. The highest BCUT2D eigenvalue weighted by Crippen LogP contribution is 2.26. The van der Waals surface area contributed by atoms with Crippen molar-refractivity contribution in [2.45, 2.75) is 43.9 Å². The Labute approximate surface area is 130 Å². The van der Waals surface area contributed by atoms with Crippen molar-refractivity contribution in [3.8, 4) is 5.75 Å². The molecule has 1 saturated heterocycles. The minimum Gasteiger partial charge on any atom is -0.497 e. The van der Waals surface area contributed by atoms with Crippen LogP contribution in [0.2, 0.25) is 0 Å². The molecule has 120 valence electrons. The van der Waals surface area contributed by atoms with E-state index in [9.17, 15) is 4.79 Å². The average Bonchev–Trinajstić information content (AvgIpc) is 2.55. The molecule has 22 heavy (non-hydrogen) atoms. The van der Waals surface area contributed by atoms with Gasteiger partial charge >= 0.3 is 0 Å². The number of hydrogen-bond donors (Lipinski definition) is 1. The third-order valence-corrected chi connectivity index (χ3v) is 4.37. The van der Waals surface area contributed by atoms with E-state index in [1.165, 1.54) is 0 Å². The second kappa shape index (κ2) is 7.11. The minimum atomic E-state index is 0.0605. The van der Waals surface area contributed by atoms with Gasteiger partial charge in [-0.3, -0.25) is 4.79 Å². The lowest BCUT2D eigenvalue weighted by Crippen LogP contribution is -2.49. The molecule has 2 aliphatic rings. The van der Waals surface area contributed by atoms with Gasteiger partial charge in [0.1, 0.15) is 5.75 Å². The maximum absolute atomic E-state index is 12.2. The third kappa shape index (κ3) is 3.78. The predicted octanol–water partition coefficient (Wildman–Crippen LogP) is 1.69. The predicted molar refractivity (Wildman–Crippen MR) is 82.0 cm³/mol. The number of hydrogen-bond acceptors (Lipinski definition) is 4. The first-order valence-corrected chi connectivity index (χ1v) is 7.90. The number of rotatable bonds is 4. The molecule has 1 aromatic carbocycles. The summed E-state index contributed by atoms with van der Waals surface area (Å²) >= 11 is 0. The Bertz CT molecular complexity index is 502. The van der Waals surface area contributed by atoms with Crippen molar-refractivity contribution in [2.24, 2.45) is 0 Å². The Morgan fingerprint density at radius 3 is 2.64 bits per heavy atom. The van der Waals surface area contributed by atoms with Gasteiger partial charge in [0.05, 0.1) is 39.0 Å². The molecule has 1 amide bonds. The van der Waals surface area contributed by atoms with E-state index in [0.29, 0.717) is 19.6 Å². The van der Waals surface area contributed by atoms with Crippen molar-refractivity contribution in [2.75, 3.05) is 20.3 Å². The van der Waals surface area contributed by atoms with Crippen molar-refractivity contribution >= 4 is 5.91 Å². The molecule has 1 saturated carbocycles. The van der Waals surface area contributed by atoms with Crippen molar-refractivity contribution in [3.05, 3.63) is 29.8 Å². The number of nitrogens with one attached hydrogen (secondary N) is 1. The van der Waals surface area contributed by atoms with E-state index < -0.39 is 0 Å². The molecule has 1 aromatic rings. The summed E-state index contributed by atoms with van der Waals surface area (Å²) in [6.45, 7) is 1.35. The molecule has 5 nitrogen and oxygen atoms in total. The zero-order valence-electron chi connectivity index (χ0n) is 12.9. The second-order valence-corrected chi connectivity index (χ2v) is 5.92. The fourth-order valence-corrected chi connectivity index (χ4v) is 3.20. The molecular weight excluding hydrogens is 282 g/mol. The lowest BCUT2D eigenvalue weighted by molar-refractivity contribution is -0.158. The van der Waals surface area contributed by atoms with Crippen LogP contribution in [0.25, 0.3) is 0 Å². The number of fused-ring (bicyclic) bond motifs is 1. The van der Waals surface area contributed by atoms with Crippen LogP contribution in [-0.2, 0) is 20.7 Å². The summed E-state index contributed by atoms with van der Waals surface area (Å²) in [7, 11) is 1.63. The van der Waals surface area contributed by atoms with E-state index in [0.717, 1.165) is 30.6 Å². The molecular formula is C17H23NO4. The SMILES string of the molecule is COc1ccc(CC(=O)NC2CCC3OCCOC3C2)cc1. The van der Waals surface area contributed by atoms with E-state index in [1.807, 2.05) is 24.3 Å². The number of methoxy groups -OCH3 is 1. The quantitative estimate of drug-likeness (QED) is 0.920. The first kappa shape index (κ1) is 15.3. The van der Waals surface area contributed by atoms with Gasteiger partial charge in [-0.15, -0.1) is 0 Å². The Morgan fingerprint density at radius 1 is 1.18 bits per heavy atom. The average molecular weight is 305 g/mol. The van der Waals surface area contributed by atoms with Gasteiger partial charge in [-0.25, -0.2) is 0 Å². The van der Waals surface area contributed by atoms with Crippen molar-refractivity contribution in [1.82, 2.24) is 5.32 Å². The summed E-state index contributed by atoms with van der Waals surface area (Å²) in [6, 6.07) is 7.79. The van der Waals surface area contributed by atoms with Gasteiger partial charge in [0.15, 0.2) is 0 Å². The molecule has 0 aromatic heterocycles. The van der Waals surface area contributed by atoms with E-state index >= 15 is 0 Å². The van der Waals surface area contributed by atoms with Crippen LogP contribution in [0.4, 0.5) is 0 Å². The van der Waals surface area contributed by atoms with Crippen LogP contribution in [0.5, 0.6) is 5.75 Å². The normalized spacial score (nSPS) is 27.8. The van der Waals surface area contributed by atoms with Crippen LogP contribution in [0.3, 0.4) is 0 Å². The Hall–Kier alpha value is -1.59. The second-order valence-electron chi connectivity index (χ2n) is 5.92. The standard InChI is InChI=1S/C17H23NO4/c1-20-14-5-2-12(3-6-14)10-17(19)18-13-4-7-15-16(11-13)22-9-8-21-15/h2-3,5-6,13,15-16H,4,7-11H2,1H3,(H,18,19). The maximum atomic E-state index is 12.2. The molecule has 1 N–H and O–H groups in total. The molecule has 0 radical (unpaired) electrons. The molecule has 3 unspecified atom stereocenters. The zero-order valence-corrected chi connectivity index (χ0v) is 12.9. The fourth-order valence-electron chi connectivity index (χ4n) is 3.20. The summed E-state index contributed by atoms with van der Waals surface area (Å²) in [5.41, 5.74) is 0.990. The largest absolute Gasteiger partial charge is 0.497 e. The number of carbonyl (C=O) groups excluding carboxylic acids is 1. The molecule has 2 fully saturated rings. The topological polar surface area (TPSA) is 56.8 Å². The van der Waals surface area contributed by atoms with Gasteiger partial charge < -0.3 is 19.5 Å². The molecule has 5 heteroatoms. The Kier molecular flexibility index (Phi) is 4.95. The summed E-state index contributed by atoms with van der Waals surface area (Å²) < 4.78 is 16.6. The molecule has 0 bridgehead atoms. The van der Waals surface area contributed by atoms with Gasteiger partial charge in [-0.05, 0) is 37.0 Å². The highest BCUT2D eigenvalue weighted by atomic mass is 16.6. The Morgan fingerprint density at radius 2 is 1.91 bits per heavy atom. The van der Waals surface area contributed by atoms with Crippen LogP contribution in [0.15, 0.2) is 24.3 Å². The van der Waals surface area contributed by atoms with Crippen molar-refractivity contribution in [1.29, 1.82) is 0 Å². The minimum absolute atomic E-state index is 0.0605. The smallest absolute Gasteiger partial charge is 0.224 e. The molecule has 0 spiro atoms. The van der Waals surface area contributed by atoms with Gasteiger partial charge in [-0.2, -0.15) is 0 Å². The summed E-state index contributed by atoms with van der Waals surface area (Å²) in [4.78, 5) is 12.2. The summed E-state index contributed by atoms with van der Waals surface area (Å²) in [5.74, 6) is 0.863. The number of amides is 1. The lowest BCUT2D eigenvalue weighted by Gasteiger charge is -2.39. The number of ether oxygens (including phenoxy) is 3. The van der Waals surface area contributed by atoms with Gasteiger partial charge in [-0.1, -0.05) is 12.1 Å².